The van der Waals surface area contributed by atoms with E-state index in [4.69, 9.17) is 0 Å². The number of hydrogen-bond acceptors (Lipinski definition) is 3. The highest BCUT2D eigenvalue weighted by molar-refractivity contribution is 5.81. The van der Waals surface area contributed by atoms with Crippen LogP contribution in [0.15, 0.2) is 42.5 Å². The Kier molecular flexibility index (Phi) is 4.77. The zero-order valence-corrected chi connectivity index (χ0v) is 15.6. The summed E-state index contributed by atoms with van der Waals surface area (Å²) in [4.78, 5) is 19.4. The molecule has 136 valence electrons. The molecule has 1 saturated carbocycles. The van der Waals surface area contributed by atoms with Gasteiger partial charge in [0.15, 0.2) is 0 Å². The molecule has 2 heterocycles. The molecule has 1 saturated heterocycles. The van der Waals surface area contributed by atoms with Crippen molar-refractivity contribution in [2.45, 2.75) is 45.2 Å². The number of benzene rings is 1. The normalized spacial score (nSPS) is 23.2. The van der Waals surface area contributed by atoms with Gasteiger partial charge in [-0.05, 0) is 44.4 Å². The minimum absolute atomic E-state index is 0.176. The Morgan fingerprint density at radius 3 is 2.58 bits per heavy atom. The molecular formula is C22H27N3O. The van der Waals surface area contributed by atoms with E-state index in [1.165, 1.54) is 11.1 Å². The van der Waals surface area contributed by atoms with Crippen LogP contribution in [0.4, 0.5) is 0 Å². The number of hydrogen-bond donors (Lipinski definition) is 1. The molecule has 1 aliphatic carbocycles. The Labute approximate surface area is 155 Å². The summed E-state index contributed by atoms with van der Waals surface area (Å²) in [6, 6.07) is 15.1. The highest BCUT2D eigenvalue weighted by Crippen LogP contribution is 2.32. The van der Waals surface area contributed by atoms with Crippen LogP contribution in [0.25, 0.3) is 0 Å². The van der Waals surface area contributed by atoms with Gasteiger partial charge in [-0.3, -0.25) is 14.7 Å². The van der Waals surface area contributed by atoms with Crippen molar-refractivity contribution in [3.8, 4) is 0 Å². The lowest BCUT2D eigenvalue weighted by atomic mass is 9.93. The summed E-state index contributed by atoms with van der Waals surface area (Å²) in [6.07, 6.45) is 2.09. The SMILES string of the molecule is Cc1ccc([C@@H]2CN(Cc3cccc(C)n3)C[C@H]2NC(=O)C2CC2)cc1. The fourth-order valence-electron chi connectivity index (χ4n) is 3.87. The average molecular weight is 349 g/mol. The fraction of sp³-hybridized carbons (Fsp3) is 0.455. The first-order valence-corrected chi connectivity index (χ1v) is 9.60. The summed E-state index contributed by atoms with van der Waals surface area (Å²) in [6.45, 7) is 6.81. The van der Waals surface area contributed by atoms with Crippen molar-refractivity contribution in [2.24, 2.45) is 5.92 Å². The van der Waals surface area contributed by atoms with Crippen LogP contribution in [0.1, 0.15) is 41.3 Å². The van der Waals surface area contributed by atoms with Crippen LogP contribution in [0.2, 0.25) is 0 Å². The molecule has 1 aliphatic heterocycles. The molecule has 1 aromatic carbocycles. The van der Waals surface area contributed by atoms with E-state index >= 15 is 0 Å². The van der Waals surface area contributed by atoms with Gasteiger partial charge in [-0.2, -0.15) is 0 Å². The molecular weight excluding hydrogens is 322 g/mol. The van der Waals surface area contributed by atoms with Crippen LogP contribution >= 0.6 is 0 Å². The summed E-state index contributed by atoms with van der Waals surface area (Å²) in [5, 5.41) is 3.33. The zero-order chi connectivity index (χ0) is 18.1. The number of amides is 1. The van der Waals surface area contributed by atoms with Crippen LogP contribution in [-0.4, -0.2) is 34.9 Å². The van der Waals surface area contributed by atoms with Gasteiger partial charge in [0.25, 0.3) is 0 Å². The van der Waals surface area contributed by atoms with Crippen molar-refractivity contribution < 1.29 is 4.79 Å². The van der Waals surface area contributed by atoms with Crippen molar-refractivity contribution in [1.82, 2.24) is 15.2 Å². The third-order valence-corrected chi connectivity index (χ3v) is 5.51. The Morgan fingerprint density at radius 1 is 1.12 bits per heavy atom. The van der Waals surface area contributed by atoms with Crippen molar-refractivity contribution >= 4 is 5.91 Å². The number of pyridine rings is 1. The second-order valence-corrected chi connectivity index (χ2v) is 7.87. The predicted octanol–water partition coefficient (Wildman–Crippen LogP) is 3.19. The molecule has 2 fully saturated rings. The molecule has 26 heavy (non-hydrogen) atoms. The Bertz CT molecular complexity index is 782. The monoisotopic (exact) mass is 349 g/mol. The van der Waals surface area contributed by atoms with Crippen molar-refractivity contribution in [3.63, 3.8) is 0 Å². The molecule has 2 aliphatic rings. The van der Waals surface area contributed by atoms with E-state index in [9.17, 15) is 4.79 Å². The third-order valence-electron chi connectivity index (χ3n) is 5.51. The number of carbonyl (C=O) groups is 1. The van der Waals surface area contributed by atoms with E-state index < -0.39 is 0 Å². The summed E-state index contributed by atoms with van der Waals surface area (Å²) < 4.78 is 0. The highest BCUT2D eigenvalue weighted by atomic mass is 16.2. The summed E-state index contributed by atoms with van der Waals surface area (Å²) in [7, 11) is 0. The van der Waals surface area contributed by atoms with E-state index in [0.29, 0.717) is 5.92 Å². The number of carbonyl (C=O) groups excluding carboxylic acids is 1. The first kappa shape index (κ1) is 17.2. The van der Waals surface area contributed by atoms with Crippen LogP contribution < -0.4 is 5.32 Å². The van der Waals surface area contributed by atoms with Gasteiger partial charge in [0.1, 0.15) is 0 Å². The fourth-order valence-corrected chi connectivity index (χ4v) is 3.87. The van der Waals surface area contributed by atoms with Crippen molar-refractivity contribution in [2.75, 3.05) is 13.1 Å². The summed E-state index contributed by atoms with van der Waals surface area (Å²) in [5.41, 5.74) is 4.74. The molecule has 2 atom stereocenters. The molecule has 0 spiro atoms. The van der Waals surface area contributed by atoms with E-state index in [2.05, 4.69) is 58.5 Å². The summed E-state index contributed by atoms with van der Waals surface area (Å²) >= 11 is 0. The van der Waals surface area contributed by atoms with E-state index in [1.807, 2.05) is 13.0 Å². The van der Waals surface area contributed by atoms with E-state index in [-0.39, 0.29) is 17.9 Å². The van der Waals surface area contributed by atoms with Crippen LogP contribution in [0.3, 0.4) is 0 Å². The van der Waals surface area contributed by atoms with Gasteiger partial charge in [0.05, 0.1) is 5.69 Å². The van der Waals surface area contributed by atoms with Gasteiger partial charge in [-0.25, -0.2) is 0 Å². The van der Waals surface area contributed by atoms with Gasteiger partial charge in [-0.15, -0.1) is 0 Å². The maximum absolute atomic E-state index is 12.4. The van der Waals surface area contributed by atoms with E-state index in [0.717, 1.165) is 43.9 Å². The molecule has 4 heteroatoms. The molecule has 0 unspecified atom stereocenters. The molecule has 1 aromatic heterocycles. The van der Waals surface area contributed by atoms with Gasteiger partial charge in [0.2, 0.25) is 5.91 Å². The lowest BCUT2D eigenvalue weighted by Crippen LogP contribution is -2.40. The predicted molar refractivity (Wildman–Crippen MR) is 103 cm³/mol. The Morgan fingerprint density at radius 2 is 1.88 bits per heavy atom. The van der Waals surface area contributed by atoms with Gasteiger partial charge < -0.3 is 5.32 Å². The minimum atomic E-state index is 0.176. The number of rotatable bonds is 5. The maximum atomic E-state index is 12.4. The van der Waals surface area contributed by atoms with Crippen LogP contribution in [0, 0.1) is 19.8 Å². The molecule has 4 rings (SSSR count). The molecule has 0 bridgehead atoms. The average Bonchev–Trinajstić information content (AvgIpc) is 3.39. The molecule has 2 aromatic rings. The third kappa shape index (κ3) is 3.96. The molecule has 0 radical (unpaired) electrons. The number of likely N-dealkylation sites (tertiary alicyclic amines) is 1. The maximum Gasteiger partial charge on any atom is 0.223 e. The molecule has 4 nitrogen and oxygen atoms in total. The highest BCUT2D eigenvalue weighted by Gasteiger charge is 2.38. The standard InChI is InChI=1S/C22H27N3O/c1-15-6-8-17(9-7-15)20-13-25(12-19-5-3-4-16(2)23-19)14-21(20)24-22(26)18-10-11-18/h3-9,18,20-21H,10-14H2,1-2H3,(H,24,26)/t20-,21+/m0/s1. The first-order chi connectivity index (χ1) is 12.6. The second-order valence-electron chi connectivity index (χ2n) is 7.87. The quantitative estimate of drug-likeness (QED) is 0.902. The summed E-state index contributed by atoms with van der Waals surface area (Å²) in [5.74, 6) is 0.826. The van der Waals surface area contributed by atoms with Gasteiger partial charge >= 0.3 is 0 Å². The lowest BCUT2D eigenvalue weighted by molar-refractivity contribution is -0.123. The lowest BCUT2D eigenvalue weighted by Gasteiger charge is -2.20. The van der Waals surface area contributed by atoms with Gasteiger partial charge in [-0.1, -0.05) is 35.9 Å². The topological polar surface area (TPSA) is 45.2 Å². The first-order valence-electron chi connectivity index (χ1n) is 9.60. The number of nitrogens with zero attached hydrogens (tertiary/aromatic N) is 2. The molecule has 1 N–H and O–H groups in total. The second kappa shape index (κ2) is 7.20. The van der Waals surface area contributed by atoms with Gasteiger partial charge in [0, 0.05) is 43.2 Å². The Balaban J connectivity index is 1.51. The van der Waals surface area contributed by atoms with E-state index in [1.54, 1.807) is 0 Å². The van der Waals surface area contributed by atoms with Crippen molar-refractivity contribution in [1.29, 1.82) is 0 Å². The number of aryl methyl sites for hydroxylation is 2. The smallest absolute Gasteiger partial charge is 0.223 e. The van der Waals surface area contributed by atoms with Crippen molar-refractivity contribution in [3.05, 3.63) is 65.0 Å². The Hall–Kier alpha value is -2.20. The van der Waals surface area contributed by atoms with Crippen LogP contribution in [-0.2, 0) is 11.3 Å². The van der Waals surface area contributed by atoms with Crippen LogP contribution in [0.5, 0.6) is 0 Å². The molecule has 1 amide bonds. The number of nitrogens with one attached hydrogen (secondary N) is 1. The minimum Gasteiger partial charge on any atom is -0.351 e. The largest absolute Gasteiger partial charge is 0.351 e. The number of aromatic nitrogens is 1. The zero-order valence-electron chi connectivity index (χ0n) is 15.6.